The summed E-state index contributed by atoms with van der Waals surface area (Å²) in [5.41, 5.74) is 1.25. The quantitative estimate of drug-likeness (QED) is 0.0469. The zero-order chi connectivity index (χ0) is 30.3. The van der Waals surface area contributed by atoms with Crippen molar-refractivity contribution in [3.05, 3.63) is 95.1 Å². The van der Waals surface area contributed by atoms with Crippen molar-refractivity contribution < 1.29 is 28.6 Å². The molecule has 12 heteroatoms. The molecule has 0 spiro atoms. The number of pyridine rings is 1. The van der Waals surface area contributed by atoms with E-state index < -0.39 is 17.7 Å². The Morgan fingerprint density at radius 3 is 2.58 bits per heavy atom. The molecule has 2 aromatic heterocycles. The summed E-state index contributed by atoms with van der Waals surface area (Å²) in [6.07, 6.45) is 4.81. The fourth-order valence-electron chi connectivity index (χ4n) is 4.53. The van der Waals surface area contributed by atoms with Crippen LogP contribution in [0.2, 0.25) is 0 Å². The number of unbranched alkanes of at least 4 members (excludes halogenated alkanes) is 1. The number of hydrogen-bond acceptors (Lipinski definition) is 10. The zero-order valence-electron chi connectivity index (χ0n) is 23.5. The van der Waals surface area contributed by atoms with Gasteiger partial charge in [0, 0.05) is 23.7 Å². The third-order valence-electron chi connectivity index (χ3n) is 6.65. The van der Waals surface area contributed by atoms with E-state index in [4.69, 9.17) is 9.47 Å². The lowest BCUT2D eigenvalue weighted by Gasteiger charge is -2.23. The van der Waals surface area contributed by atoms with Gasteiger partial charge in [-0.25, -0.2) is 4.39 Å². The number of ether oxygens (including phenoxy) is 2. The summed E-state index contributed by atoms with van der Waals surface area (Å²) in [5, 5.41) is 19.9. The molecule has 1 amide bonds. The molecule has 222 valence electrons. The molecule has 9 nitrogen and oxygen atoms in total. The van der Waals surface area contributed by atoms with Crippen LogP contribution in [-0.4, -0.2) is 45.2 Å². The van der Waals surface area contributed by atoms with Gasteiger partial charge < -0.3 is 14.6 Å². The topological polar surface area (TPSA) is 115 Å². The van der Waals surface area contributed by atoms with Crippen molar-refractivity contribution >= 4 is 45.7 Å². The number of hydrogen-bond donors (Lipinski definition) is 1. The van der Waals surface area contributed by atoms with Gasteiger partial charge in [0.2, 0.25) is 5.13 Å². The molecular weight excluding hydrogens is 591 g/mol. The first-order chi connectivity index (χ1) is 20.9. The first-order valence-corrected chi connectivity index (χ1v) is 15.5. The minimum Gasteiger partial charge on any atom is -0.507 e. The number of anilines is 1. The highest BCUT2D eigenvalue weighted by molar-refractivity contribution is 8.00. The average Bonchev–Trinajstić information content (AvgIpc) is 3.59. The van der Waals surface area contributed by atoms with Crippen LogP contribution in [0.3, 0.4) is 0 Å². The van der Waals surface area contributed by atoms with Gasteiger partial charge in [0.1, 0.15) is 11.6 Å². The molecular formula is C31H29FN4O5S2. The highest BCUT2D eigenvalue weighted by Crippen LogP contribution is 2.45. The van der Waals surface area contributed by atoms with Gasteiger partial charge in [0.15, 0.2) is 15.8 Å². The van der Waals surface area contributed by atoms with E-state index in [0.717, 1.165) is 24.2 Å². The minimum atomic E-state index is -1.03. The molecule has 5 rings (SSSR count). The van der Waals surface area contributed by atoms with Crippen LogP contribution in [0.4, 0.5) is 9.52 Å². The van der Waals surface area contributed by atoms with Gasteiger partial charge in [0.05, 0.1) is 24.8 Å². The molecule has 1 fully saturated rings. The summed E-state index contributed by atoms with van der Waals surface area (Å²) < 4.78 is 26.4. The lowest BCUT2D eigenvalue weighted by Crippen LogP contribution is -2.29. The molecule has 0 saturated carbocycles. The van der Waals surface area contributed by atoms with Gasteiger partial charge in [-0.05, 0) is 54.8 Å². The number of ketones is 1. The second kappa shape index (κ2) is 13.8. The van der Waals surface area contributed by atoms with Crippen LogP contribution in [0.15, 0.2) is 76.9 Å². The van der Waals surface area contributed by atoms with Crippen molar-refractivity contribution in [2.24, 2.45) is 0 Å². The summed E-state index contributed by atoms with van der Waals surface area (Å²) in [5.74, 6) is -1.10. The van der Waals surface area contributed by atoms with Gasteiger partial charge >= 0.3 is 5.91 Å². The number of thioether (sulfide) groups is 1. The number of nitrogens with zero attached hydrogens (tertiary/aromatic N) is 4. The van der Waals surface area contributed by atoms with Crippen LogP contribution >= 0.6 is 23.1 Å². The smallest absolute Gasteiger partial charge is 0.301 e. The molecule has 1 unspecified atom stereocenters. The van der Waals surface area contributed by atoms with Crippen LogP contribution in [-0.2, 0) is 15.3 Å². The predicted molar refractivity (Wildman–Crippen MR) is 163 cm³/mol. The highest BCUT2D eigenvalue weighted by Gasteiger charge is 2.48. The number of aromatic nitrogens is 3. The van der Waals surface area contributed by atoms with E-state index in [2.05, 4.69) is 22.1 Å². The van der Waals surface area contributed by atoms with Crippen molar-refractivity contribution in [2.75, 3.05) is 18.1 Å². The number of rotatable bonds is 12. The van der Waals surface area contributed by atoms with Crippen molar-refractivity contribution in [1.82, 2.24) is 15.2 Å². The van der Waals surface area contributed by atoms with E-state index in [1.165, 1.54) is 35.1 Å². The van der Waals surface area contributed by atoms with E-state index in [1.54, 1.807) is 48.5 Å². The van der Waals surface area contributed by atoms with Crippen molar-refractivity contribution in [1.29, 1.82) is 0 Å². The van der Waals surface area contributed by atoms with Crippen LogP contribution in [0, 0.1) is 5.82 Å². The fourth-order valence-corrected chi connectivity index (χ4v) is 6.39. The molecule has 1 aliphatic heterocycles. The second-order valence-corrected chi connectivity index (χ2v) is 11.7. The Morgan fingerprint density at radius 1 is 1.05 bits per heavy atom. The summed E-state index contributed by atoms with van der Waals surface area (Å²) in [6, 6.07) is 13.7. The number of Topliss-reactive ketones (excluding diaryl/α,β-unsaturated/α-hetero) is 1. The molecule has 1 N–H and O–H groups in total. The van der Waals surface area contributed by atoms with E-state index in [-0.39, 0.29) is 22.3 Å². The lowest BCUT2D eigenvalue weighted by atomic mass is 9.95. The molecule has 0 aliphatic carbocycles. The van der Waals surface area contributed by atoms with Crippen LogP contribution in [0.5, 0.6) is 11.5 Å². The van der Waals surface area contributed by atoms with Gasteiger partial charge in [-0.1, -0.05) is 60.7 Å². The van der Waals surface area contributed by atoms with Gasteiger partial charge in [-0.2, -0.15) is 0 Å². The Bertz CT molecular complexity index is 1650. The van der Waals surface area contributed by atoms with E-state index in [0.29, 0.717) is 51.5 Å². The Balaban J connectivity index is 1.56. The Morgan fingerprint density at radius 2 is 1.84 bits per heavy atom. The average molecular weight is 621 g/mol. The lowest BCUT2D eigenvalue weighted by molar-refractivity contribution is -0.132. The molecule has 3 heterocycles. The molecule has 2 aromatic carbocycles. The highest BCUT2D eigenvalue weighted by atomic mass is 32.2. The summed E-state index contributed by atoms with van der Waals surface area (Å²) >= 11 is 2.37. The third kappa shape index (κ3) is 6.55. The number of aliphatic hydroxyl groups excluding tert-OH is 1. The maximum absolute atomic E-state index is 14.1. The molecule has 1 atom stereocenters. The number of aliphatic hydroxyl groups is 1. The minimum absolute atomic E-state index is 0.103. The Kier molecular flexibility index (Phi) is 9.68. The number of halogens is 1. The molecule has 43 heavy (non-hydrogen) atoms. The van der Waals surface area contributed by atoms with E-state index in [9.17, 15) is 19.1 Å². The van der Waals surface area contributed by atoms with E-state index in [1.807, 2.05) is 6.92 Å². The van der Waals surface area contributed by atoms with Crippen LogP contribution in [0.25, 0.3) is 5.76 Å². The SMILES string of the molecule is CCCCOc1ccc(C2/C(=C(\O)c3ccncc3)C(=O)C(=O)N2c2nnc(SCc3ccccc3F)s2)cc1OCC. The van der Waals surface area contributed by atoms with Gasteiger partial charge in [0.25, 0.3) is 5.78 Å². The first kappa shape index (κ1) is 30.2. The molecule has 1 aliphatic rings. The van der Waals surface area contributed by atoms with Crippen molar-refractivity contribution in [2.45, 2.75) is 42.8 Å². The number of carbonyl (C=O) groups is 2. The Labute approximate surface area is 256 Å². The van der Waals surface area contributed by atoms with E-state index >= 15 is 0 Å². The van der Waals surface area contributed by atoms with Gasteiger partial charge in [-0.3, -0.25) is 19.5 Å². The Hall–Kier alpha value is -4.29. The predicted octanol–water partition coefficient (Wildman–Crippen LogP) is 6.57. The summed E-state index contributed by atoms with van der Waals surface area (Å²) in [6.45, 7) is 4.79. The first-order valence-electron chi connectivity index (χ1n) is 13.7. The van der Waals surface area contributed by atoms with Crippen molar-refractivity contribution in [3.63, 3.8) is 0 Å². The monoisotopic (exact) mass is 620 g/mol. The molecule has 0 radical (unpaired) electrons. The van der Waals surface area contributed by atoms with Crippen LogP contribution in [0.1, 0.15) is 49.4 Å². The summed E-state index contributed by atoms with van der Waals surface area (Å²) in [4.78, 5) is 32.3. The molecule has 1 saturated heterocycles. The standard InChI is InChI=1S/C31H29FN4O5S2/c1-3-5-16-41-23-11-10-20(17-24(23)40-4-2)26-25(27(37)19-12-14-33-15-13-19)28(38)29(39)36(26)30-34-35-31(43-30)42-18-21-8-6-7-9-22(21)32/h6-15,17,26,37H,3-5,16,18H2,1-2H3/b27-25+. The zero-order valence-corrected chi connectivity index (χ0v) is 25.2. The molecule has 0 bridgehead atoms. The third-order valence-corrected chi connectivity index (χ3v) is 8.75. The maximum Gasteiger partial charge on any atom is 0.301 e. The normalized spacial score (nSPS) is 16.1. The van der Waals surface area contributed by atoms with Crippen molar-refractivity contribution in [3.8, 4) is 11.5 Å². The number of benzene rings is 2. The fraction of sp³-hybridized carbons (Fsp3) is 0.258. The second-order valence-electron chi connectivity index (χ2n) is 9.48. The number of amides is 1. The number of carbonyl (C=O) groups excluding carboxylic acids is 2. The van der Waals surface area contributed by atoms with Crippen LogP contribution < -0.4 is 14.4 Å². The maximum atomic E-state index is 14.1. The summed E-state index contributed by atoms with van der Waals surface area (Å²) in [7, 11) is 0. The molecule has 4 aromatic rings. The van der Waals surface area contributed by atoms with Gasteiger partial charge in [-0.15, -0.1) is 10.2 Å². The largest absolute Gasteiger partial charge is 0.507 e.